The van der Waals surface area contributed by atoms with Crippen molar-refractivity contribution in [3.8, 4) is 5.75 Å². The predicted molar refractivity (Wildman–Crippen MR) is 71.8 cm³/mol. The predicted octanol–water partition coefficient (Wildman–Crippen LogP) is 4.69. The Labute approximate surface area is 119 Å². The van der Waals surface area contributed by atoms with Gasteiger partial charge in [0, 0.05) is 12.2 Å². The number of rotatable bonds is 5. The topological polar surface area (TPSA) is 21.3 Å². The Morgan fingerprint density at radius 2 is 1.80 bits per heavy atom. The average Bonchev–Trinajstić information content (AvgIpc) is 2.41. The minimum atomic E-state index is -2.84. The van der Waals surface area contributed by atoms with Crippen molar-refractivity contribution < 1.29 is 17.9 Å². The van der Waals surface area contributed by atoms with Gasteiger partial charge in [0.1, 0.15) is 11.6 Å². The molecule has 0 heterocycles. The first-order valence-electron chi connectivity index (χ1n) is 5.77. The number of anilines is 1. The molecule has 0 saturated carbocycles. The van der Waals surface area contributed by atoms with Crippen LogP contribution in [-0.4, -0.2) is 6.61 Å². The summed E-state index contributed by atoms with van der Waals surface area (Å²) in [6.45, 7) is -2.41. The quantitative estimate of drug-likeness (QED) is 0.865. The van der Waals surface area contributed by atoms with Crippen molar-refractivity contribution >= 4 is 17.3 Å². The van der Waals surface area contributed by atoms with Crippen molar-refractivity contribution in [2.45, 2.75) is 13.2 Å². The van der Waals surface area contributed by atoms with Crippen LogP contribution >= 0.6 is 11.6 Å². The van der Waals surface area contributed by atoms with Crippen LogP contribution in [0.15, 0.2) is 42.5 Å². The second-order valence-electron chi connectivity index (χ2n) is 4.00. The molecular weight excluding hydrogens is 291 g/mol. The second-order valence-corrected chi connectivity index (χ2v) is 4.41. The molecule has 0 bridgehead atoms. The molecule has 0 radical (unpaired) electrons. The molecule has 0 aromatic heterocycles. The van der Waals surface area contributed by atoms with Crippen LogP contribution in [0.1, 0.15) is 5.56 Å². The van der Waals surface area contributed by atoms with Gasteiger partial charge in [-0.15, -0.1) is 0 Å². The summed E-state index contributed by atoms with van der Waals surface area (Å²) in [6.07, 6.45) is 0. The van der Waals surface area contributed by atoms with Gasteiger partial charge in [0.15, 0.2) is 0 Å². The molecule has 0 amide bonds. The molecule has 0 unspecified atom stereocenters. The summed E-state index contributed by atoms with van der Waals surface area (Å²) in [7, 11) is 0. The van der Waals surface area contributed by atoms with Gasteiger partial charge >= 0.3 is 6.61 Å². The summed E-state index contributed by atoms with van der Waals surface area (Å²) in [4.78, 5) is 0. The maximum atomic E-state index is 13.2. The Bertz CT molecular complexity index is 575. The Kier molecular flexibility index (Phi) is 4.74. The van der Waals surface area contributed by atoms with Gasteiger partial charge in [-0.25, -0.2) is 4.39 Å². The van der Waals surface area contributed by atoms with Gasteiger partial charge in [-0.2, -0.15) is 8.78 Å². The van der Waals surface area contributed by atoms with E-state index in [0.717, 1.165) is 5.56 Å². The smallest absolute Gasteiger partial charge is 0.387 e. The molecule has 2 aromatic rings. The van der Waals surface area contributed by atoms with E-state index in [2.05, 4.69) is 10.1 Å². The van der Waals surface area contributed by atoms with Crippen LogP contribution in [0.25, 0.3) is 0 Å². The van der Waals surface area contributed by atoms with Gasteiger partial charge in [-0.3, -0.25) is 0 Å². The Balaban J connectivity index is 1.95. The van der Waals surface area contributed by atoms with E-state index < -0.39 is 12.4 Å². The maximum absolute atomic E-state index is 13.2. The molecule has 106 valence electrons. The summed E-state index contributed by atoms with van der Waals surface area (Å²) < 4.78 is 41.4. The summed E-state index contributed by atoms with van der Waals surface area (Å²) in [6, 6.07) is 10.6. The van der Waals surface area contributed by atoms with Crippen LogP contribution in [-0.2, 0) is 6.54 Å². The van der Waals surface area contributed by atoms with E-state index >= 15 is 0 Å². The van der Waals surface area contributed by atoms with Crippen molar-refractivity contribution in [1.82, 2.24) is 0 Å². The zero-order valence-corrected chi connectivity index (χ0v) is 11.0. The van der Waals surface area contributed by atoms with E-state index in [0.29, 0.717) is 12.2 Å². The molecule has 0 aliphatic heterocycles. The average molecular weight is 302 g/mol. The molecule has 20 heavy (non-hydrogen) atoms. The highest BCUT2D eigenvalue weighted by Crippen LogP contribution is 2.20. The lowest BCUT2D eigenvalue weighted by Gasteiger charge is -2.08. The normalized spacial score (nSPS) is 10.7. The van der Waals surface area contributed by atoms with Crippen LogP contribution in [0.2, 0.25) is 5.02 Å². The number of halogens is 4. The summed E-state index contributed by atoms with van der Waals surface area (Å²) in [5.41, 5.74) is 1.43. The molecule has 0 saturated heterocycles. The molecule has 0 spiro atoms. The lowest BCUT2D eigenvalue weighted by molar-refractivity contribution is -0.0498. The highest BCUT2D eigenvalue weighted by Gasteiger charge is 2.04. The van der Waals surface area contributed by atoms with E-state index in [9.17, 15) is 13.2 Å². The minimum absolute atomic E-state index is 0.0593. The SMILES string of the molecule is Fc1cc(NCc2ccc(OC(F)F)cc2)ccc1Cl. The first kappa shape index (κ1) is 14.5. The van der Waals surface area contributed by atoms with E-state index in [-0.39, 0.29) is 10.8 Å². The van der Waals surface area contributed by atoms with E-state index in [1.54, 1.807) is 18.2 Å². The van der Waals surface area contributed by atoms with Crippen molar-refractivity contribution in [2.24, 2.45) is 0 Å². The van der Waals surface area contributed by atoms with Crippen LogP contribution < -0.4 is 10.1 Å². The molecular formula is C14H11ClF3NO. The second kappa shape index (κ2) is 6.52. The number of hydrogen-bond acceptors (Lipinski definition) is 2. The fourth-order valence-corrected chi connectivity index (χ4v) is 1.72. The van der Waals surface area contributed by atoms with Crippen LogP contribution in [0.5, 0.6) is 5.75 Å². The number of hydrogen-bond donors (Lipinski definition) is 1. The van der Waals surface area contributed by atoms with Gasteiger partial charge in [-0.05, 0) is 35.9 Å². The lowest BCUT2D eigenvalue weighted by Crippen LogP contribution is -2.03. The molecule has 1 N–H and O–H groups in total. The van der Waals surface area contributed by atoms with E-state index in [1.807, 2.05) is 0 Å². The van der Waals surface area contributed by atoms with Gasteiger partial charge in [-0.1, -0.05) is 23.7 Å². The third-order valence-electron chi connectivity index (χ3n) is 2.56. The molecule has 2 rings (SSSR count). The molecule has 0 aliphatic rings. The summed E-state index contributed by atoms with van der Waals surface area (Å²) in [5.74, 6) is -0.404. The molecule has 6 heteroatoms. The van der Waals surface area contributed by atoms with Gasteiger partial charge < -0.3 is 10.1 Å². The van der Waals surface area contributed by atoms with E-state index in [1.165, 1.54) is 24.3 Å². The number of alkyl halides is 2. The molecule has 2 aromatic carbocycles. The molecule has 0 aliphatic carbocycles. The third-order valence-corrected chi connectivity index (χ3v) is 2.87. The first-order chi connectivity index (χ1) is 9.54. The third kappa shape index (κ3) is 4.06. The Hall–Kier alpha value is -1.88. The molecule has 0 atom stereocenters. The van der Waals surface area contributed by atoms with Gasteiger partial charge in [0.05, 0.1) is 5.02 Å². The van der Waals surface area contributed by atoms with Crippen LogP contribution in [0.4, 0.5) is 18.9 Å². The fraction of sp³-hybridized carbons (Fsp3) is 0.143. The molecule has 0 fully saturated rings. The van der Waals surface area contributed by atoms with Crippen LogP contribution in [0.3, 0.4) is 0 Å². The molecule has 2 nitrogen and oxygen atoms in total. The van der Waals surface area contributed by atoms with Crippen molar-refractivity contribution in [2.75, 3.05) is 5.32 Å². The summed E-state index contributed by atoms with van der Waals surface area (Å²) in [5, 5.41) is 3.06. The number of nitrogens with one attached hydrogen (secondary N) is 1. The van der Waals surface area contributed by atoms with Gasteiger partial charge in [0.25, 0.3) is 0 Å². The number of ether oxygens (including phenoxy) is 1. The number of benzene rings is 2. The van der Waals surface area contributed by atoms with Crippen LogP contribution in [0, 0.1) is 5.82 Å². The summed E-state index contributed by atoms with van der Waals surface area (Å²) >= 11 is 5.58. The van der Waals surface area contributed by atoms with Crippen molar-refractivity contribution in [1.29, 1.82) is 0 Å². The van der Waals surface area contributed by atoms with Gasteiger partial charge in [0.2, 0.25) is 0 Å². The highest BCUT2D eigenvalue weighted by molar-refractivity contribution is 6.30. The highest BCUT2D eigenvalue weighted by atomic mass is 35.5. The van der Waals surface area contributed by atoms with Crippen molar-refractivity contribution in [3.63, 3.8) is 0 Å². The minimum Gasteiger partial charge on any atom is -0.435 e. The first-order valence-corrected chi connectivity index (χ1v) is 6.15. The Morgan fingerprint density at radius 1 is 1.10 bits per heavy atom. The maximum Gasteiger partial charge on any atom is 0.387 e. The fourth-order valence-electron chi connectivity index (χ4n) is 1.60. The largest absolute Gasteiger partial charge is 0.435 e. The zero-order chi connectivity index (χ0) is 14.5. The van der Waals surface area contributed by atoms with E-state index in [4.69, 9.17) is 11.6 Å². The zero-order valence-electron chi connectivity index (χ0n) is 10.2. The van der Waals surface area contributed by atoms with Crippen molar-refractivity contribution in [3.05, 3.63) is 58.9 Å². The lowest BCUT2D eigenvalue weighted by atomic mass is 10.2. The standard InChI is InChI=1S/C14H11ClF3NO/c15-12-6-3-10(7-13(12)16)19-8-9-1-4-11(5-2-9)20-14(17)18/h1-7,14,19H,8H2. The Morgan fingerprint density at radius 3 is 2.40 bits per heavy atom. The monoisotopic (exact) mass is 301 g/mol.